The highest BCUT2D eigenvalue weighted by atomic mass is 16.2. The summed E-state index contributed by atoms with van der Waals surface area (Å²) >= 11 is 0. The molecule has 1 heterocycles. The van der Waals surface area contributed by atoms with Crippen molar-refractivity contribution >= 4 is 17.3 Å². The van der Waals surface area contributed by atoms with Crippen LogP contribution < -0.4 is 16.0 Å². The third-order valence-electron chi connectivity index (χ3n) is 2.71. The summed E-state index contributed by atoms with van der Waals surface area (Å²) in [4.78, 5) is 13.6. The predicted molar refractivity (Wildman–Crippen MR) is 70.3 cm³/mol. The number of rotatable bonds is 2. The molecule has 1 aliphatic rings. The molecule has 0 aromatic heterocycles. The standard InChI is InChI=1S/C13H16N4O/c1-13(2,15)8-17-11-5-9(6-14)3-4-10(11)16-7-12(17)18/h3-5,16H,7-8,15H2,1-2H3. The fraction of sp³-hybridized carbons (Fsp3) is 0.385. The minimum absolute atomic E-state index is 0.0314. The molecule has 0 saturated carbocycles. The summed E-state index contributed by atoms with van der Waals surface area (Å²) in [7, 11) is 0. The van der Waals surface area contributed by atoms with Gasteiger partial charge in [-0.05, 0) is 32.0 Å². The highest BCUT2D eigenvalue weighted by molar-refractivity contribution is 6.03. The number of carbonyl (C=O) groups is 1. The number of anilines is 2. The number of nitriles is 1. The van der Waals surface area contributed by atoms with Crippen molar-refractivity contribution in [3.63, 3.8) is 0 Å². The van der Waals surface area contributed by atoms with E-state index in [2.05, 4.69) is 11.4 Å². The first kappa shape index (κ1) is 12.4. The van der Waals surface area contributed by atoms with E-state index < -0.39 is 5.54 Å². The monoisotopic (exact) mass is 244 g/mol. The second-order valence-electron chi connectivity index (χ2n) is 5.17. The maximum absolute atomic E-state index is 12.0. The van der Waals surface area contributed by atoms with E-state index in [1.807, 2.05) is 19.9 Å². The van der Waals surface area contributed by atoms with E-state index in [0.29, 0.717) is 12.1 Å². The largest absolute Gasteiger partial charge is 0.374 e. The first-order valence-electron chi connectivity index (χ1n) is 5.78. The number of nitrogens with one attached hydrogen (secondary N) is 1. The van der Waals surface area contributed by atoms with E-state index in [4.69, 9.17) is 11.0 Å². The zero-order chi connectivity index (χ0) is 13.3. The third kappa shape index (κ3) is 2.44. The Morgan fingerprint density at radius 2 is 2.28 bits per heavy atom. The molecule has 0 aliphatic carbocycles. The molecule has 1 aromatic carbocycles. The molecule has 3 N–H and O–H groups in total. The van der Waals surface area contributed by atoms with Gasteiger partial charge < -0.3 is 16.0 Å². The van der Waals surface area contributed by atoms with Crippen LogP contribution in [0.2, 0.25) is 0 Å². The van der Waals surface area contributed by atoms with Gasteiger partial charge in [-0.25, -0.2) is 0 Å². The van der Waals surface area contributed by atoms with Gasteiger partial charge in [0, 0.05) is 12.1 Å². The number of fused-ring (bicyclic) bond motifs is 1. The number of nitrogens with two attached hydrogens (primary N) is 1. The minimum atomic E-state index is -0.479. The Morgan fingerprint density at radius 1 is 1.56 bits per heavy atom. The molecule has 1 amide bonds. The van der Waals surface area contributed by atoms with Gasteiger partial charge in [-0.2, -0.15) is 5.26 Å². The smallest absolute Gasteiger partial charge is 0.246 e. The summed E-state index contributed by atoms with van der Waals surface area (Å²) in [6, 6.07) is 7.34. The van der Waals surface area contributed by atoms with Crippen molar-refractivity contribution in [2.24, 2.45) is 5.73 Å². The van der Waals surface area contributed by atoms with Crippen LogP contribution in [0.15, 0.2) is 18.2 Å². The maximum atomic E-state index is 12.0. The molecule has 1 aliphatic heterocycles. The van der Waals surface area contributed by atoms with Crippen LogP contribution in [0.5, 0.6) is 0 Å². The van der Waals surface area contributed by atoms with Crippen molar-refractivity contribution in [1.29, 1.82) is 5.26 Å². The van der Waals surface area contributed by atoms with Crippen LogP contribution in [0.1, 0.15) is 19.4 Å². The number of carbonyl (C=O) groups excluding carboxylic acids is 1. The van der Waals surface area contributed by atoms with Crippen molar-refractivity contribution in [2.45, 2.75) is 19.4 Å². The van der Waals surface area contributed by atoms with Crippen molar-refractivity contribution < 1.29 is 4.79 Å². The second-order valence-corrected chi connectivity index (χ2v) is 5.17. The van der Waals surface area contributed by atoms with Gasteiger partial charge in [-0.15, -0.1) is 0 Å². The van der Waals surface area contributed by atoms with E-state index in [-0.39, 0.29) is 12.5 Å². The molecular formula is C13H16N4O. The Balaban J connectivity index is 2.43. The summed E-state index contributed by atoms with van der Waals surface area (Å²) in [6.45, 7) is 4.43. The Kier molecular flexibility index (Phi) is 2.97. The summed E-state index contributed by atoms with van der Waals surface area (Å²) in [5, 5.41) is 12.0. The number of amides is 1. The van der Waals surface area contributed by atoms with Gasteiger partial charge in [-0.3, -0.25) is 4.79 Å². The summed E-state index contributed by atoms with van der Waals surface area (Å²) in [5.41, 5.74) is 7.62. The minimum Gasteiger partial charge on any atom is -0.374 e. The van der Waals surface area contributed by atoms with Gasteiger partial charge in [0.25, 0.3) is 0 Å². The Labute approximate surface area is 106 Å². The predicted octanol–water partition coefficient (Wildman–Crippen LogP) is 1.05. The zero-order valence-electron chi connectivity index (χ0n) is 10.5. The van der Waals surface area contributed by atoms with Crippen LogP contribution in [-0.4, -0.2) is 24.5 Å². The van der Waals surface area contributed by atoms with E-state index in [1.54, 1.807) is 17.0 Å². The first-order chi connectivity index (χ1) is 8.40. The quantitative estimate of drug-likeness (QED) is 0.814. The van der Waals surface area contributed by atoms with Crippen LogP contribution in [0.4, 0.5) is 11.4 Å². The van der Waals surface area contributed by atoms with Gasteiger partial charge in [-0.1, -0.05) is 0 Å². The zero-order valence-corrected chi connectivity index (χ0v) is 10.5. The molecule has 2 rings (SSSR count). The van der Waals surface area contributed by atoms with Crippen LogP contribution in [-0.2, 0) is 4.79 Å². The van der Waals surface area contributed by atoms with E-state index in [1.165, 1.54) is 0 Å². The fourth-order valence-electron chi connectivity index (χ4n) is 1.96. The highest BCUT2D eigenvalue weighted by Gasteiger charge is 2.28. The van der Waals surface area contributed by atoms with Crippen LogP contribution >= 0.6 is 0 Å². The van der Waals surface area contributed by atoms with Gasteiger partial charge in [0.15, 0.2) is 0 Å². The van der Waals surface area contributed by atoms with Crippen molar-refractivity contribution in [3.8, 4) is 6.07 Å². The number of nitrogens with zero attached hydrogens (tertiary/aromatic N) is 2. The molecule has 0 bridgehead atoms. The fourth-order valence-corrected chi connectivity index (χ4v) is 1.96. The van der Waals surface area contributed by atoms with Crippen LogP contribution in [0, 0.1) is 11.3 Å². The Hall–Kier alpha value is -2.06. The lowest BCUT2D eigenvalue weighted by molar-refractivity contribution is -0.117. The molecule has 94 valence electrons. The number of benzene rings is 1. The summed E-state index contributed by atoms with van der Waals surface area (Å²) in [5.74, 6) is -0.0314. The maximum Gasteiger partial charge on any atom is 0.246 e. The molecule has 18 heavy (non-hydrogen) atoms. The van der Waals surface area contributed by atoms with Crippen LogP contribution in [0.25, 0.3) is 0 Å². The van der Waals surface area contributed by atoms with E-state index >= 15 is 0 Å². The van der Waals surface area contributed by atoms with Crippen molar-refractivity contribution in [2.75, 3.05) is 23.3 Å². The molecule has 0 saturated heterocycles. The lowest BCUT2D eigenvalue weighted by Crippen LogP contribution is -2.51. The lowest BCUT2D eigenvalue weighted by Gasteiger charge is -2.34. The third-order valence-corrected chi connectivity index (χ3v) is 2.71. The Bertz CT molecular complexity index is 525. The lowest BCUT2D eigenvalue weighted by atomic mass is 10.0. The van der Waals surface area contributed by atoms with Gasteiger partial charge in [0.2, 0.25) is 5.91 Å². The normalized spacial score (nSPS) is 14.8. The highest BCUT2D eigenvalue weighted by Crippen LogP contribution is 2.31. The summed E-state index contributed by atoms with van der Waals surface area (Å²) in [6.07, 6.45) is 0. The average molecular weight is 244 g/mol. The molecule has 5 heteroatoms. The molecule has 0 atom stereocenters. The van der Waals surface area contributed by atoms with Gasteiger partial charge in [0.05, 0.1) is 29.6 Å². The van der Waals surface area contributed by atoms with E-state index in [0.717, 1.165) is 11.4 Å². The van der Waals surface area contributed by atoms with Gasteiger partial charge >= 0.3 is 0 Å². The molecule has 0 spiro atoms. The molecule has 1 aromatic rings. The molecule has 0 unspecified atom stereocenters. The average Bonchev–Trinajstić information content (AvgIpc) is 2.31. The molecule has 0 fully saturated rings. The topological polar surface area (TPSA) is 82.2 Å². The summed E-state index contributed by atoms with van der Waals surface area (Å²) < 4.78 is 0. The molecule has 5 nitrogen and oxygen atoms in total. The Morgan fingerprint density at radius 3 is 2.89 bits per heavy atom. The molecule has 0 radical (unpaired) electrons. The van der Waals surface area contributed by atoms with E-state index in [9.17, 15) is 4.79 Å². The number of hydrogen-bond acceptors (Lipinski definition) is 4. The first-order valence-corrected chi connectivity index (χ1v) is 5.78. The van der Waals surface area contributed by atoms with Crippen LogP contribution in [0.3, 0.4) is 0 Å². The van der Waals surface area contributed by atoms with Gasteiger partial charge in [0.1, 0.15) is 0 Å². The van der Waals surface area contributed by atoms with Crippen molar-refractivity contribution in [3.05, 3.63) is 23.8 Å². The second kappa shape index (κ2) is 4.31. The number of hydrogen-bond donors (Lipinski definition) is 2. The molecular weight excluding hydrogens is 228 g/mol. The SMILES string of the molecule is CC(C)(N)CN1C(=O)CNc2ccc(C#N)cc21. The van der Waals surface area contributed by atoms with Crippen molar-refractivity contribution in [1.82, 2.24) is 0 Å².